The highest BCUT2D eigenvalue weighted by atomic mass is 16.5. The molecule has 1 aliphatic carbocycles. The van der Waals surface area contributed by atoms with Crippen LogP contribution in [0.3, 0.4) is 0 Å². The molecular weight excluding hydrogens is 252 g/mol. The van der Waals surface area contributed by atoms with Gasteiger partial charge in [-0.2, -0.15) is 0 Å². The Morgan fingerprint density at radius 3 is 2.32 bits per heavy atom. The maximum atomic E-state index is 11.7. The van der Waals surface area contributed by atoms with Crippen molar-refractivity contribution in [1.82, 2.24) is 0 Å². The van der Waals surface area contributed by atoms with Gasteiger partial charge in [0, 0.05) is 18.1 Å². The Morgan fingerprint density at radius 1 is 1.21 bits per heavy atom. The van der Waals surface area contributed by atoms with Crippen molar-refractivity contribution in [1.29, 1.82) is 0 Å². The standard InChI is InChI=1S/C13H16O6/c1-3-18-11(16)7-8(13(17)19-4-2)12-9(14)5-6-10(12)15/h7,14H,3-6H2,1-2H3/p-1/b8-7-. The van der Waals surface area contributed by atoms with Crippen molar-refractivity contribution in [3.63, 3.8) is 0 Å². The molecule has 0 aromatic carbocycles. The highest BCUT2D eigenvalue weighted by Crippen LogP contribution is 2.26. The molecule has 0 aromatic rings. The summed E-state index contributed by atoms with van der Waals surface area (Å²) in [7, 11) is 0. The number of allylic oxidation sites excluding steroid dienone is 1. The number of ketones is 1. The molecule has 0 amide bonds. The third-order valence-corrected chi connectivity index (χ3v) is 2.45. The van der Waals surface area contributed by atoms with Gasteiger partial charge in [-0.15, -0.1) is 5.76 Å². The molecule has 0 bridgehead atoms. The summed E-state index contributed by atoms with van der Waals surface area (Å²) in [5.41, 5.74) is -0.570. The van der Waals surface area contributed by atoms with E-state index < -0.39 is 23.5 Å². The predicted molar refractivity (Wildman–Crippen MR) is 62.6 cm³/mol. The molecule has 19 heavy (non-hydrogen) atoms. The molecule has 6 nitrogen and oxygen atoms in total. The van der Waals surface area contributed by atoms with Crippen molar-refractivity contribution in [3.8, 4) is 0 Å². The van der Waals surface area contributed by atoms with Crippen molar-refractivity contribution in [2.45, 2.75) is 26.7 Å². The highest BCUT2D eigenvalue weighted by Gasteiger charge is 2.27. The molecule has 0 aliphatic heterocycles. The van der Waals surface area contributed by atoms with E-state index in [1.54, 1.807) is 13.8 Å². The Kier molecular flexibility index (Phi) is 5.29. The van der Waals surface area contributed by atoms with Gasteiger partial charge in [0.05, 0.1) is 18.8 Å². The second-order valence-electron chi connectivity index (χ2n) is 3.75. The number of rotatable bonds is 5. The van der Waals surface area contributed by atoms with Crippen LogP contribution in [0.1, 0.15) is 26.7 Å². The molecule has 0 N–H and O–H groups in total. The molecule has 1 aliphatic rings. The number of esters is 2. The molecule has 0 atom stereocenters. The van der Waals surface area contributed by atoms with E-state index in [9.17, 15) is 19.5 Å². The van der Waals surface area contributed by atoms with Crippen LogP contribution >= 0.6 is 0 Å². The molecule has 0 spiro atoms. The molecular formula is C13H15O6-. The zero-order valence-electron chi connectivity index (χ0n) is 10.9. The van der Waals surface area contributed by atoms with Gasteiger partial charge in [0.15, 0.2) is 5.78 Å². The summed E-state index contributed by atoms with van der Waals surface area (Å²) in [4.78, 5) is 34.7. The number of carbonyl (C=O) groups excluding carboxylic acids is 3. The van der Waals surface area contributed by atoms with Crippen molar-refractivity contribution >= 4 is 17.7 Å². The van der Waals surface area contributed by atoms with E-state index in [-0.39, 0.29) is 37.2 Å². The topological polar surface area (TPSA) is 92.7 Å². The number of Topliss-reactive ketones (excluding diaryl/α,β-unsaturated/α-hetero) is 1. The van der Waals surface area contributed by atoms with Crippen LogP contribution in [0.2, 0.25) is 0 Å². The third kappa shape index (κ3) is 3.67. The molecule has 0 heterocycles. The van der Waals surface area contributed by atoms with E-state index in [2.05, 4.69) is 4.74 Å². The zero-order chi connectivity index (χ0) is 14.4. The van der Waals surface area contributed by atoms with Crippen molar-refractivity contribution in [3.05, 3.63) is 23.0 Å². The molecule has 104 valence electrons. The largest absolute Gasteiger partial charge is 0.875 e. The van der Waals surface area contributed by atoms with Crippen LogP contribution in [-0.4, -0.2) is 30.9 Å². The predicted octanol–water partition coefficient (Wildman–Crippen LogP) is 0.0163. The number of ether oxygens (including phenoxy) is 2. The summed E-state index contributed by atoms with van der Waals surface area (Å²) in [6.45, 7) is 3.40. The molecule has 0 fully saturated rings. The molecule has 0 radical (unpaired) electrons. The molecule has 0 aromatic heterocycles. The maximum Gasteiger partial charge on any atom is 0.339 e. The normalized spacial score (nSPS) is 15.7. The van der Waals surface area contributed by atoms with Crippen LogP contribution < -0.4 is 5.11 Å². The monoisotopic (exact) mass is 267 g/mol. The number of hydrogen-bond acceptors (Lipinski definition) is 6. The lowest BCUT2D eigenvalue weighted by atomic mass is 10.0. The third-order valence-electron chi connectivity index (χ3n) is 2.45. The fourth-order valence-electron chi connectivity index (χ4n) is 1.68. The zero-order valence-corrected chi connectivity index (χ0v) is 10.9. The number of carbonyl (C=O) groups is 3. The second-order valence-corrected chi connectivity index (χ2v) is 3.75. The maximum absolute atomic E-state index is 11.7. The van der Waals surface area contributed by atoms with Gasteiger partial charge in [-0.05, 0) is 20.3 Å². The molecule has 0 saturated carbocycles. The van der Waals surface area contributed by atoms with E-state index in [0.717, 1.165) is 6.08 Å². The van der Waals surface area contributed by atoms with E-state index in [1.165, 1.54) is 0 Å². The lowest BCUT2D eigenvalue weighted by Crippen LogP contribution is -2.18. The summed E-state index contributed by atoms with van der Waals surface area (Å²) >= 11 is 0. The molecule has 0 saturated heterocycles. The van der Waals surface area contributed by atoms with Gasteiger partial charge in [0.25, 0.3) is 0 Å². The molecule has 0 unspecified atom stereocenters. The summed E-state index contributed by atoms with van der Waals surface area (Å²) < 4.78 is 9.42. The first kappa shape index (κ1) is 14.9. The second kappa shape index (κ2) is 6.72. The van der Waals surface area contributed by atoms with E-state index in [1.807, 2.05) is 0 Å². The van der Waals surface area contributed by atoms with Gasteiger partial charge in [0.2, 0.25) is 0 Å². The van der Waals surface area contributed by atoms with Crippen molar-refractivity contribution < 1.29 is 29.0 Å². The van der Waals surface area contributed by atoms with Gasteiger partial charge in [0.1, 0.15) is 0 Å². The lowest BCUT2D eigenvalue weighted by molar-refractivity contribution is -0.306. The Balaban J connectivity index is 3.13. The summed E-state index contributed by atoms with van der Waals surface area (Å²) in [6.07, 6.45) is 0.944. The van der Waals surface area contributed by atoms with E-state index in [0.29, 0.717) is 0 Å². The van der Waals surface area contributed by atoms with Crippen LogP contribution in [0.5, 0.6) is 0 Å². The van der Waals surface area contributed by atoms with E-state index in [4.69, 9.17) is 4.74 Å². The average molecular weight is 267 g/mol. The van der Waals surface area contributed by atoms with Gasteiger partial charge < -0.3 is 14.6 Å². The first-order valence-electron chi connectivity index (χ1n) is 6.00. The fourth-order valence-corrected chi connectivity index (χ4v) is 1.68. The SMILES string of the molecule is CCOC(=O)/C=C(\C(=O)OCC)C1=C([O-])CCC1=O. The van der Waals surface area contributed by atoms with Gasteiger partial charge in [-0.25, -0.2) is 9.59 Å². The molecule has 1 rings (SSSR count). The van der Waals surface area contributed by atoms with Crippen LogP contribution in [-0.2, 0) is 23.9 Å². The van der Waals surface area contributed by atoms with Crippen LogP contribution in [0.4, 0.5) is 0 Å². The van der Waals surface area contributed by atoms with Crippen LogP contribution in [0.15, 0.2) is 23.0 Å². The molecule has 6 heteroatoms. The van der Waals surface area contributed by atoms with Gasteiger partial charge >= 0.3 is 11.9 Å². The smallest absolute Gasteiger partial charge is 0.339 e. The minimum absolute atomic E-state index is 0.0493. The summed E-state index contributed by atoms with van der Waals surface area (Å²) in [5.74, 6) is -2.55. The first-order chi connectivity index (χ1) is 9.01. The van der Waals surface area contributed by atoms with Crippen molar-refractivity contribution in [2.75, 3.05) is 13.2 Å². The number of hydrogen-bond donors (Lipinski definition) is 0. The van der Waals surface area contributed by atoms with Crippen LogP contribution in [0.25, 0.3) is 0 Å². The Bertz CT molecular complexity index is 458. The van der Waals surface area contributed by atoms with Gasteiger partial charge in [-0.3, -0.25) is 4.79 Å². The fraction of sp³-hybridized carbons (Fsp3) is 0.462. The highest BCUT2D eigenvalue weighted by molar-refractivity contribution is 6.13. The quantitative estimate of drug-likeness (QED) is 0.515. The minimum Gasteiger partial charge on any atom is -0.875 e. The average Bonchev–Trinajstić information content (AvgIpc) is 2.67. The Labute approximate surface area is 110 Å². The first-order valence-corrected chi connectivity index (χ1v) is 6.00. The van der Waals surface area contributed by atoms with Crippen LogP contribution in [0, 0.1) is 0 Å². The summed E-state index contributed by atoms with van der Waals surface area (Å²) in [6, 6.07) is 0. The Hall–Kier alpha value is -2.11. The minimum atomic E-state index is -0.867. The van der Waals surface area contributed by atoms with E-state index >= 15 is 0 Å². The Morgan fingerprint density at radius 2 is 1.84 bits per heavy atom. The lowest BCUT2D eigenvalue weighted by Gasteiger charge is -2.12. The van der Waals surface area contributed by atoms with Crippen molar-refractivity contribution in [2.24, 2.45) is 0 Å². The summed E-state index contributed by atoms with van der Waals surface area (Å²) in [5, 5.41) is 11.6. The van der Waals surface area contributed by atoms with Gasteiger partial charge in [-0.1, -0.05) is 0 Å².